The van der Waals surface area contributed by atoms with Crippen LogP contribution in [0.3, 0.4) is 0 Å². The largest absolute Gasteiger partial charge is 0.365 e. The lowest BCUT2D eigenvalue weighted by molar-refractivity contribution is -0.323. The van der Waals surface area contributed by atoms with E-state index in [0.717, 1.165) is 48.8 Å². The SMILES string of the molecule is O=C1C(=Cc2ccccc2)CC[C@@]12C[C@H]1CCCC[C@]1(O)O[C@@H]2c1ccccc1. The van der Waals surface area contributed by atoms with Gasteiger partial charge in [0, 0.05) is 12.3 Å². The van der Waals surface area contributed by atoms with E-state index in [1.54, 1.807) is 0 Å². The molecule has 2 saturated carbocycles. The molecule has 1 saturated heterocycles. The average molecular weight is 389 g/mol. The minimum absolute atomic E-state index is 0.0382. The molecule has 1 spiro atoms. The van der Waals surface area contributed by atoms with Crippen molar-refractivity contribution < 1.29 is 14.6 Å². The van der Waals surface area contributed by atoms with Gasteiger partial charge >= 0.3 is 0 Å². The number of rotatable bonds is 2. The van der Waals surface area contributed by atoms with Crippen LogP contribution in [0.4, 0.5) is 0 Å². The number of ketones is 1. The van der Waals surface area contributed by atoms with E-state index < -0.39 is 17.3 Å². The summed E-state index contributed by atoms with van der Waals surface area (Å²) in [5.41, 5.74) is 2.38. The highest BCUT2D eigenvalue weighted by Crippen LogP contribution is 2.60. The number of carbonyl (C=O) groups excluding carboxylic acids is 1. The molecule has 2 aromatic carbocycles. The summed E-state index contributed by atoms with van der Waals surface area (Å²) in [6.45, 7) is 0. The molecule has 4 atom stereocenters. The molecule has 3 heteroatoms. The normalized spacial score (nSPS) is 35.8. The van der Waals surface area contributed by atoms with Gasteiger partial charge in [-0.3, -0.25) is 4.79 Å². The molecule has 3 nitrogen and oxygen atoms in total. The molecule has 0 amide bonds. The maximum absolute atomic E-state index is 13.8. The van der Waals surface area contributed by atoms with Crippen LogP contribution in [-0.2, 0) is 9.53 Å². The number of allylic oxidation sites excluding steroid dienone is 1. The molecule has 1 aliphatic heterocycles. The van der Waals surface area contributed by atoms with Gasteiger partial charge in [0.2, 0.25) is 0 Å². The molecular weight excluding hydrogens is 360 g/mol. The second-order valence-corrected chi connectivity index (χ2v) is 8.97. The third-order valence-corrected chi connectivity index (χ3v) is 7.24. The van der Waals surface area contributed by atoms with Crippen molar-refractivity contribution >= 4 is 11.9 Å². The Morgan fingerprint density at radius 3 is 2.45 bits per heavy atom. The summed E-state index contributed by atoms with van der Waals surface area (Å²) in [7, 11) is 0. The first-order valence-electron chi connectivity index (χ1n) is 10.9. The lowest BCUT2D eigenvalue weighted by atomic mass is 9.63. The Morgan fingerprint density at radius 2 is 1.69 bits per heavy atom. The summed E-state index contributed by atoms with van der Waals surface area (Å²) in [4.78, 5) is 13.8. The third-order valence-electron chi connectivity index (χ3n) is 7.24. The number of Topliss-reactive ketones (excluding diaryl/α,β-unsaturated/α-hetero) is 1. The molecule has 2 aliphatic carbocycles. The van der Waals surface area contributed by atoms with Gasteiger partial charge in [0.1, 0.15) is 0 Å². The van der Waals surface area contributed by atoms with Crippen LogP contribution in [0.5, 0.6) is 0 Å². The molecule has 0 radical (unpaired) electrons. The van der Waals surface area contributed by atoms with E-state index in [1.165, 1.54) is 0 Å². The fourth-order valence-corrected chi connectivity index (χ4v) is 5.73. The van der Waals surface area contributed by atoms with E-state index in [4.69, 9.17) is 4.74 Å². The predicted molar refractivity (Wildman–Crippen MR) is 113 cm³/mol. The Bertz CT molecular complexity index is 919. The van der Waals surface area contributed by atoms with Gasteiger partial charge < -0.3 is 9.84 Å². The Hall–Kier alpha value is -2.23. The minimum atomic E-state index is -1.10. The van der Waals surface area contributed by atoms with Crippen molar-refractivity contribution in [2.24, 2.45) is 11.3 Å². The first kappa shape index (κ1) is 18.8. The van der Waals surface area contributed by atoms with Gasteiger partial charge in [0.25, 0.3) is 0 Å². The van der Waals surface area contributed by atoms with Gasteiger partial charge in [-0.25, -0.2) is 0 Å². The summed E-state index contributed by atoms with van der Waals surface area (Å²) in [5, 5.41) is 11.3. The van der Waals surface area contributed by atoms with Crippen molar-refractivity contribution in [2.45, 2.75) is 56.8 Å². The second kappa shape index (κ2) is 7.23. The molecule has 1 heterocycles. The van der Waals surface area contributed by atoms with Crippen LogP contribution in [0, 0.1) is 11.3 Å². The maximum atomic E-state index is 13.8. The Labute approximate surface area is 172 Å². The van der Waals surface area contributed by atoms with E-state index in [1.807, 2.05) is 66.7 Å². The summed E-state index contributed by atoms with van der Waals surface area (Å²) in [5.74, 6) is -0.852. The third kappa shape index (κ3) is 3.17. The van der Waals surface area contributed by atoms with Crippen molar-refractivity contribution in [3.63, 3.8) is 0 Å². The second-order valence-electron chi connectivity index (χ2n) is 8.97. The number of carbonyl (C=O) groups is 1. The van der Waals surface area contributed by atoms with Crippen molar-refractivity contribution in [2.75, 3.05) is 0 Å². The molecule has 3 fully saturated rings. The van der Waals surface area contributed by atoms with E-state index in [0.29, 0.717) is 12.8 Å². The molecule has 1 N–H and O–H groups in total. The number of hydrogen-bond acceptors (Lipinski definition) is 3. The van der Waals surface area contributed by atoms with Crippen LogP contribution in [0.1, 0.15) is 62.2 Å². The van der Waals surface area contributed by atoms with E-state index in [2.05, 4.69) is 0 Å². The number of fused-ring (bicyclic) bond motifs is 1. The molecule has 0 aromatic heterocycles. The highest BCUT2D eigenvalue weighted by Gasteiger charge is 2.61. The van der Waals surface area contributed by atoms with Gasteiger partial charge in [-0.1, -0.05) is 67.1 Å². The Balaban J connectivity index is 1.55. The van der Waals surface area contributed by atoms with Gasteiger partial charge in [-0.15, -0.1) is 0 Å². The number of aliphatic hydroxyl groups is 1. The highest BCUT2D eigenvalue weighted by molar-refractivity contribution is 6.06. The van der Waals surface area contributed by atoms with Crippen LogP contribution in [-0.4, -0.2) is 16.7 Å². The number of ether oxygens (including phenoxy) is 1. The summed E-state index contributed by atoms with van der Waals surface area (Å²) in [6, 6.07) is 20.1. The Morgan fingerprint density at radius 1 is 0.966 bits per heavy atom. The monoisotopic (exact) mass is 388 g/mol. The topological polar surface area (TPSA) is 46.5 Å². The zero-order valence-corrected chi connectivity index (χ0v) is 16.7. The minimum Gasteiger partial charge on any atom is -0.365 e. The van der Waals surface area contributed by atoms with Crippen LogP contribution >= 0.6 is 0 Å². The molecule has 29 heavy (non-hydrogen) atoms. The quantitative estimate of drug-likeness (QED) is 0.695. The van der Waals surface area contributed by atoms with Crippen LogP contribution in [0.2, 0.25) is 0 Å². The molecule has 2 aromatic rings. The zero-order chi connectivity index (χ0) is 19.9. The van der Waals surface area contributed by atoms with Crippen LogP contribution < -0.4 is 0 Å². The predicted octanol–water partition coefficient (Wildman–Crippen LogP) is 5.46. The number of benzene rings is 2. The summed E-state index contributed by atoms with van der Waals surface area (Å²) >= 11 is 0. The average Bonchev–Trinajstić information content (AvgIpc) is 3.05. The first-order chi connectivity index (χ1) is 14.1. The van der Waals surface area contributed by atoms with Crippen molar-refractivity contribution in [3.8, 4) is 0 Å². The molecule has 150 valence electrons. The molecule has 5 rings (SSSR count). The molecule has 0 unspecified atom stereocenters. The fraction of sp³-hybridized carbons (Fsp3) is 0.423. The lowest BCUT2D eigenvalue weighted by Crippen LogP contribution is -2.55. The number of hydrogen-bond donors (Lipinski definition) is 1. The van der Waals surface area contributed by atoms with Crippen LogP contribution in [0.25, 0.3) is 6.08 Å². The lowest BCUT2D eigenvalue weighted by Gasteiger charge is -2.53. The Kier molecular flexibility index (Phi) is 4.68. The van der Waals surface area contributed by atoms with Crippen LogP contribution in [0.15, 0.2) is 66.2 Å². The van der Waals surface area contributed by atoms with Gasteiger partial charge in [-0.05, 0) is 54.9 Å². The summed E-state index contributed by atoms with van der Waals surface area (Å²) < 4.78 is 6.48. The van der Waals surface area contributed by atoms with Gasteiger partial charge in [0.05, 0.1) is 11.5 Å². The van der Waals surface area contributed by atoms with Crippen molar-refractivity contribution in [1.29, 1.82) is 0 Å². The van der Waals surface area contributed by atoms with Gasteiger partial charge in [0.15, 0.2) is 11.6 Å². The standard InChI is InChI=1S/C26H28O3/c27-23-21(17-19-9-3-1-4-10-19)14-16-25(23)18-22-13-7-8-15-26(22,28)29-24(25)20-11-5-2-6-12-20/h1-6,9-12,17,22,24,28H,7-8,13-16,18H2/t22-,24-,25-,26+/m1/s1. The van der Waals surface area contributed by atoms with E-state index in [9.17, 15) is 9.90 Å². The maximum Gasteiger partial charge on any atom is 0.169 e. The van der Waals surface area contributed by atoms with E-state index >= 15 is 0 Å². The van der Waals surface area contributed by atoms with Crippen molar-refractivity contribution in [1.82, 2.24) is 0 Å². The molecule has 0 bridgehead atoms. The van der Waals surface area contributed by atoms with Gasteiger partial charge in [-0.2, -0.15) is 0 Å². The smallest absolute Gasteiger partial charge is 0.169 e. The zero-order valence-electron chi connectivity index (χ0n) is 16.7. The summed E-state index contributed by atoms with van der Waals surface area (Å²) in [6.07, 6.45) is 7.61. The molecular formula is C26H28O3. The van der Waals surface area contributed by atoms with E-state index in [-0.39, 0.29) is 11.7 Å². The highest BCUT2D eigenvalue weighted by atomic mass is 16.6. The fourth-order valence-electron chi connectivity index (χ4n) is 5.73. The van der Waals surface area contributed by atoms with Crippen molar-refractivity contribution in [3.05, 3.63) is 77.4 Å². The first-order valence-corrected chi connectivity index (χ1v) is 10.9. The molecule has 3 aliphatic rings.